The maximum absolute atomic E-state index is 12.4. The van der Waals surface area contributed by atoms with Gasteiger partial charge in [0.15, 0.2) is 0 Å². The highest BCUT2D eigenvalue weighted by Crippen LogP contribution is 2.19. The lowest BCUT2D eigenvalue weighted by Crippen LogP contribution is -2.25. The van der Waals surface area contributed by atoms with E-state index in [1.165, 1.54) is 11.1 Å². The van der Waals surface area contributed by atoms with E-state index in [1.807, 2.05) is 37.3 Å². The van der Waals surface area contributed by atoms with Crippen LogP contribution < -0.4 is 5.32 Å². The summed E-state index contributed by atoms with van der Waals surface area (Å²) in [6.07, 6.45) is 1.66. The van der Waals surface area contributed by atoms with E-state index >= 15 is 0 Å². The number of nitrogens with one attached hydrogen (secondary N) is 1. The van der Waals surface area contributed by atoms with Crippen LogP contribution in [0.2, 0.25) is 0 Å². The normalized spacial score (nSPS) is 11.0. The molecule has 0 atom stereocenters. The summed E-state index contributed by atoms with van der Waals surface area (Å²) in [5.74, 6) is 1.04. The molecule has 3 aromatic carbocycles. The molecule has 0 saturated carbocycles. The van der Waals surface area contributed by atoms with Gasteiger partial charge >= 0.3 is 0 Å². The third kappa shape index (κ3) is 4.43. The maximum Gasteiger partial charge on any atom is 0.251 e. The summed E-state index contributed by atoms with van der Waals surface area (Å²) >= 11 is 0. The van der Waals surface area contributed by atoms with Gasteiger partial charge in [-0.15, -0.1) is 0 Å². The Morgan fingerprint density at radius 1 is 0.933 bits per heavy atom. The lowest BCUT2D eigenvalue weighted by molar-refractivity contribution is 0.0952. The van der Waals surface area contributed by atoms with E-state index in [4.69, 9.17) is 4.98 Å². The molecular formula is C26H27N3O. The van der Waals surface area contributed by atoms with Crippen molar-refractivity contribution >= 4 is 16.9 Å². The number of para-hydroxylation sites is 2. The molecule has 1 aromatic heterocycles. The molecule has 0 aliphatic heterocycles. The predicted molar refractivity (Wildman–Crippen MR) is 122 cm³/mol. The molecule has 0 radical (unpaired) electrons. The molecule has 0 fully saturated rings. The van der Waals surface area contributed by atoms with E-state index in [0.29, 0.717) is 6.54 Å². The molecule has 4 heteroatoms. The Kier molecular flexibility index (Phi) is 5.94. The van der Waals surface area contributed by atoms with Gasteiger partial charge in [-0.2, -0.15) is 0 Å². The van der Waals surface area contributed by atoms with Gasteiger partial charge in [0.05, 0.1) is 11.0 Å². The van der Waals surface area contributed by atoms with Crippen LogP contribution in [0.15, 0.2) is 72.8 Å². The molecule has 0 unspecified atom stereocenters. The van der Waals surface area contributed by atoms with E-state index in [0.717, 1.165) is 47.4 Å². The van der Waals surface area contributed by atoms with Crippen molar-refractivity contribution in [1.29, 1.82) is 0 Å². The molecule has 0 saturated heterocycles. The van der Waals surface area contributed by atoms with Crippen molar-refractivity contribution in [3.63, 3.8) is 0 Å². The first-order valence-corrected chi connectivity index (χ1v) is 10.5. The summed E-state index contributed by atoms with van der Waals surface area (Å²) in [6.45, 7) is 5.49. The van der Waals surface area contributed by atoms with E-state index in [9.17, 15) is 4.79 Å². The van der Waals surface area contributed by atoms with Crippen LogP contribution in [0.3, 0.4) is 0 Å². The molecular weight excluding hydrogens is 370 g/mol. The zero-order valence-corrected chi connectivity index (χ0v) is 17.6. The first kappa shape index (κ1) is 19.9. The monoisotopic (exact) mass is 397 g/mol. The van der Waals surface area contributed by atoms with Crippen molar-refractivity contribution in [2.75, 3.05) is 6.54 Å². The topological polar surface area (TPSA) is 46.9 Å². The van der Waals surface area contributed by atoms with Crippen molar-refractivity contribution in [3.8, 4) is 0 Å². The van der Waals surface area contributed by atoms with Crippen molar-refractivity contribution < 1.29 is 4.79 Å². The predicted octanol–water partition coefficient (Wildman–Crippen LogP) is 5.06. The van der Waals surface area contributed by atoms with E-state index in [-0.39, 0.29) is 5.91 Å². The average molecular weight is 398 g/mol. The van der Waals surface area contributed by atoms with E-state index in [1.54, 1.807) is 0 Å². The van der Waals surface area contributed by atoms with E-state index in [2.05, 4.69) is 59.3 Å². The number of rotatable bonds is 7. The standard InChI is InChI=1S/C26H27N3O/c1-19-13-15-21(16-14-19)18-29-24-11-6-5-10-23(24)28-25(29)12-7-17-27-26(30)22-9-4-3-8-20(22)2/h3-6,8-11,13-16H,7,12,17-18H2,1-2H3,(H,27,30). The zero-order chi connectivity index (χ0) is 20.9. The second-order valence-corrected chi connectivity index (χ2v) is 7.76. The van der Waals surface area contributed by atoms with Crippen molar-refractivity contribution in [2.24, 2.45) is 0 Å². The summed E-state index contributed by atoms with van der Waals surface area (Å²) in [5, 5.41) is 3.04. The minimum atomic E-state index is -0.0127. The summed E-state index contributed by atoms with van der Waals surface area (Å²) in [6, 6.07) is 24.6. The maximum atomic E-state index is 12.4. The molecule has 0 spiro atoms. The summed E-state index contributed by atoms with van der Waals surface area (Å²) in [5.41, 5.74) is 6.43. The minimum Gasteiger partial charge on any atom is -0.352 e. The van der Waals surface area contributed by atoms with Crippen LogP contribution in [0, 0.1) is 13.8 Å². The molecule has 0 aliphatic rings. The largest absolute Gasteiger partial charge is 0.352 e. The molecule has 0 bridgehead atoms. The Morgan fingerprint density at radius 2 is 1.67 bits per heavy atom. The number of aryl methyl sites for hydroxylation is 3. The molecule has 152 valence electrons. The van der Waals surface area contributed by atoms with Crippen LogP contribution in [0.4, 0.5) is 0 Å². The fourth-order valence-corrected chi connectivity index (χ4v) is 3.74. The second kappa shape index (κ2) is 8.95. The number of imidazole rings is 1. The molecule has 4 nitrogen and oxygen atoms in total. The third-order valence-electron chi connectivity index (χ3n) is 5.45. The molecule has 1 N–H and O–H groups in total. The number of hydrogen-bond donors (Lipinski definition) is 1. The highest BCUT2D eigenvalue weighted by Gasteiger charge is 2.12. The smallest absolute Gasteiger partial charge is 0.251 e. The number of amides is 1. The van der Waals surface area contributed by atoms with Crippen LogP contribution in [0.1, 0.15) is 39.3 Å². The van der Waals surface area contributed by atoms with Crippen LogP contribution >= 0.6 is 0 Å². The molecule has 4 rings (SSSR count). The quantitative estimate of drug-likeness (QED) is 0.443. The van der Waals surface area contributed by atoms with Crippen molar-refractivity contribution in [2.45, 2.75) is 33.2 Å². The van der Waals surface area contributed by atoms with Gasteiger partial charge in [0.1, 0.15) is 5.82 Å². The van der Waals surface area contributed by atoms with Gasteiger partial charge in [0.2, 0.25) is 0 Å². The number of aromatic nitrogens is 2. The van der Waals surface area contributed by atoms with Gasteiger partial charge in [-0.3, -0.25) is 4.79 Å². The van der Waals surface area contributed by atoms with Gasteiger partial charge in [-0.05, 0) is 49.6 Å². The van der Waals surface area contributed by atoms with Crippen LogP contribution in [-0.2, 0) is 13.0 Å². The van der Waals surface area contributed by atoms with Crippen molar-refractivity contribution in [1.82, 2.24) is 14.9 Å². The van der Waals surface area contributed by atoms with Crippen molar-refractivity contribution in [3.05, 3.63) is 101 Å². The Bertz CT molecular complexity index is 1160. The molecule has 4 aromatic rings. The first-order valence-electron chi connectivity index (χ1n) is 10.5. The van der Waals surface area contributed by atoms with Gasteiger partial charge < -0.3 is 9.88 Å². The number of benzene rings is 3. The van der Waals surface area contributed by atoms with Crippen LogP contribution in [0.5, 0.6) is 0 Å². The SMILES string of the molecule is Cc1ccc(Cn2c(CCCNC(=O)c3ccccc3C)nc3ccccc32)cc1. The summed E-state index contributed by atoms with van der Waals surface area (Å²) in [4.78, 5) is 17.3. The van der Waals surface area contributed by atoms with Crippen LogP contribution in [0.25, 0.3) is 11.0 Å². The average Bonchev–Trinajstić information content (AvgIpc) is 3.10. The third-order valence-corrected chi connectivity index (χ3v) is 5.45. The van der Waals surface area contributed by atoms with Gasteiger partial charge in [-0.1, -0.05) is 60.2 Å². The summed E-state index contributed by atoms with van der Waals surface area (Å²) < 4.78 is 2.29. The molecule has 30 heavy (non-hydrogen) atoms. The Hall–Kier alpha value is -3.40. The van der Waals surface area contributed by atoms with Gasteiger partial charge in [0.25, 0.3) is 5.91 Å². The number of fused-ring (bicyclic) bond motifs is 1. The second-order valence-electron chi connectivity index (χ2n) is 7.76. The highest BCUT2D eigenvalue weighted by atomic mass is 16.1. The fourth-order valence-electron chi connectivity index (χ4n) is 3.74. The van der Waals surface area contributed by atoms with Gasteiger partial charge in [-0.25, -0.2) is 4.98 Å². The number of hydrogen-bond acceptors (Lipinski definition) is 2. The Labute approximate surface area is 177 Å². The lowest BCUT2D eigenvalue weighted by Gasteiger charge is -2.11. The first-order chi connectivity index (χ1) is 14.6. The molecule has 1 amide bonds. The fraction of sp³-hybridized carbons (Fsp3) is 0.231. The molecule has 0 aliphatic carbocycles. The zero-order valence-electron chi connectivity index (χ0n) is 17.6. The Morgan fingerprint density at radius 3 is 2.47 bits per heavy atom. The minimum absolute atomic E-state index is 0.0127. The summed E-state index contributed by atoms with van der Waals surface area (Å²) in [7, 11) is 0. The highest BCUT2D eigenvalue weighted by molar-refractivity contribution is 5.95. The lowest BCUT2D eigenvalue weighted by atomic mass is 10.1. The van der Waals surface area contributed by atoms with E-state index < -0.39 is 0 Å². The Balaban J connectivity index is 1.45. The van der Waals surface area contributed by atoms with Crippen LogP contribution in [-0.4, -0.2) is 22.0 Å². The number of carbonyl (C=O) groups excluding carboxylic acids is 1. The van der Waals surface area contributed by atoms with Gasteiger partial charge in [0, 0.05) is 25.1 Å². The number of nitrogens with zero attached hydrogens (tertiary/aromatic N) is 2. The molecule has 1 heterocycles. The number of carbonyl (C=O) groups is 1.